The maximum atomic E-state index is 12.4. The molecule has 0 saturated carbocycles. The molecule has 1 aliphatic carbocycles. The first kappa shape index (κ1) is 20.0. The third-order valence-electron chi connectivity index (χ3n) is 6.56. The van der Waals surface area contributed by atoms with E-state index in [9.17, 15) is 4.79 Å². The summed E-state index contributed by atoms with van der Waals surface area (Å²) in [5.74, 6) is 3.19. The van der Waals surface area contributed by atoms with Crippen LogP contribution in [0.1, 0.15) is 41.8 Å². The Balaban J connectivity index is 1.20. The van der Waals surface area contributed by atoms with Crippen LogP contribution in [0.2, 0.25) is 0 Å². The molecule has 2 aromatic heterocycles. The minimum atomic E-state index is 0.0403. The molecule has 1 saturated heterocycles. The van der Waals surface area contributed by atoms with Gasteiger partial charge in [0.2, 0.25) is 0 Å². The summed E-state index contributed by atoms with van der Waals surface area (Å²) >= 11 is 1.89. The van der Waals surface area contributed by atoms with Crippen molar-refractivity contribution in [2.24, 2.45) is 0 Å². The van der Waals surface area contributed by atoms with Crippen LogP contribution in [0.15, 0.2) is 17.2 Å². The lowest BCUT2D eigenvalue weighted by atomic mass is 10.1. The molecular formula is C22H30N6OS. The highest BCUT2D eigenvalue weighted by atomic mass is 32.2. The molecule has 8 heteroatoms. The van der Waals surface area contributed by atoms with Crippen molar-refractivity contribution in [2.75, 3.05) is 43.4 Å². The van der Waals surface area contributed by atoms with Crippen molar-refractivity contribution in [1.29, 1.82) is 0 Å². The van der Waals surface area contributed by atoms with Crippen LogP contribution in [0.4, 0.5) is 5.82 Å². The highest BCUT2D eigenvalue weighted by Gasteiger charge is 2.23. The van der Waals surface area contributed by atoms with Crippen molar-refractivity contribution >= 4 is 17.6 Å². The summed E-state index contributed by atoms with van der Waals surface area (Å²) in [5.41, 5.74) is 4.92. The Morgan fingerprint density at radius 1 is 0.933 bits per heavy atom. The summed E-state index contributed by atoms with van der Waals surface area (Å²) < 4.78 is 1.67. The van der Waals surface area contributed by atoms with Gasteiger partial charge in [0.05, 0.1) is 12.2 Å². The molecule has 0 amide bonds. The van der Waals surface area contributed by atoms with Crippen molar-refractivity contribution < 1.29 is 0 Å². The molecule has 7 nitrogen and oxygen atoms in total. The van der Waals surface area contributed by atoms with Crippen molar-refractivity contribution in [3.63, 3.8) is 0 Å². The van der Waals surface area contributed by atoms with E-state index in [2.05, 4.69) is 24.9 Å². The maximum absolute atomic E-state index is 12.4. The minimum Gasteiger partial charge on any atom is -0.354 e. The minimum absolute atomic E-state index is 0.0403. The zero-order valence-electron chi connectivity index (χ0n) is 17.6. The molecule has 2 aromatic rings. The summed E-state index contributed by atoms with van der Waals surface area (Å²) in [6.07, 6.45) is 8.70. The first-order valence-electron chi connectivity index (χ1n) is 11.3. The number of hydrogen-bond acceptors (Lipinski definition) is 7. The fourth-order valence-corrected chi connectivity index (χ4v) is 5.74. The molecule has 30 heavy (non-hydrogen) atoms. The first-order chi connectivity index (χ1) is 14.8. The van der Waals surface area contributed by atoms with Gasteiger partial charge in [0.15, 0.2) is 0 Å². The molecule has 5 rings (SSSR count). The Bertz CT molecular complexity index is 953. The predicted molar refractivity (Wildman–Crippen MR) is 120 cm³/mol. The highest BCUT2D eigenvalue weighted by Crippen LogP contribution is 2.27. The Morgan fingerprint density at radius 3 is 2.70 bits per heavy atom. The van der Waals surface area contributed by atoms with Crippen LogP contribution in [0.25, 0.3) is 0 Å². The first-order valence-corrected chi connectivity index (χ1v) is 12.4. The van der Waals surface area contributed by atoms with E-state index in [0.717, 1.165) is 80.6 Å². The third kappa shape index (κ3) is 4.25. The second kappa shape index (κ2) is 9.06. The van der Waals surface area contributed by atoms with Crippen molar-refractivity contribution in [1.82, 2.24) is 24.6 Å². The molecule has 0 aromatic carbocycles. The van der Waals surface area contributed by atoms with E-state index in [1.165, 1.54) is 30.5 Å². The molecule has 0 spiro atoms. The molecule has 160 valence electrons. The molecule has 4 heterocycles. The Hall–Kier alpha value is -1.93. The van der Waals surface area contributed by atoms with Gasteiger partial charge < -0.3 is 4.90 Å². The van der Waals surface area contributed by atoms with E-state index >= 15 is 0 Å². The Morgan fingerprint density at radius 2 is 1.80 bits per heavy atom. The molecule has 0 unspecified atom stereocenters. The van der Waals surface area contributed by atoms with Gasteiger partial charge in [-0.25, -0.2) is 14.6 Å². The number of hydrogen-bond donors (Lipinski definition) is 0. The van der Waals surface area contributed by atoms with E-state index in [1.807, 2.05) is 11.8 Å². The highest BCUT2D eigenvalue weighted by molar-refractivity contribution is 7.98. The summed E-state index contributed by atoms with van der Waals surface area (Å²) in [4.78, 5) is 26.5. The van der Waals surface area contributed by atoms with E-state index in [0.29, 0.717) is 6.54 Å². The number of aromatic nitrogens is 4. The SMILES string of the molecule is O=c1cc2c(nn1CCN1CCN(c3ncnc4c3CCCCC4)CC1)CCSC2. The number of thioether (sulfide) groups is 1. The molecule has 0 N–H and O–H groups in total. The van der Waals surface area contributed by atoms with Gasteiger partial charge in [0.1, 0.15) is 12.1 Å². The quantitative estimate of drug-likeness (QED) is 0.692. The molecule has 3 aliphatic rings. The number of nitrogens with zero attached hydrogens (tertiary/aromatic N) is 6. The zero-order chi connectivity index (χ0) is 20.3. The molecule has 0 bridgehead atoms. The lowest BCUT2D eigenvalue weighted by Crippen LogP contribution is -2.48. The van der Waals surface area contributed by atoms with Crippen molar-refractivity contribution in [3.8, 4) is 0 Å². The standard InChI is InChI=1S/C22H30N6OS/c29-21-14-17-15-30-13-6-19(17)25-28(21)12-9-26-7-10-27(11-8-26)22-18-4-2-1-3-5-20(18)23-16-24-22/h14,16H,1-13,15H2. The van der Waals surface area contributed by atoms with Crippen LogP contribution < -0.4 is 10.5 Å². The smallest absolute Gasteiger partial charge is 0.267 e. The van der Waals surface area contributed by atoms with Crippen LogP contribution in [-0.2, 0) is 31.6 Å². The van der Waals surface area contributed by atoms with Gasteiger partial charge in [0.25, 0.3) is 5.56 Å². The molecular weight excluding hydrogens is 396 g/mol. The van der Waals surface area contributed by atoms with Crippen LogP contribution in [0.5, 0.6) is 0 Å². The van der Waals surface area contributed by atoms with Crippen LogP contribution in [-0.4, -0.2) is 63.1 Å². The average molecular weight is 427 g/mol. The number of anilines is 1. The van der Waals surface area contributed by atoms with Gasteiger partial charge >= 0.3 is 0 Å². The second-order valence-corrected chi connectivity index (χ2v) is 9.60. The van der Waals surface area contributed by atoms with E-state index in [4.69, 9.17) is 0 Å². The number of piperazine rings is 1. The largest absolute Gasteiger partial charge is 0.354 e. The summed E-state index contributed by atoms with van der Waals surface area (Å²) in [5, 5.41) is 4.65. The van der Waals surface area contributed by atoms with Gasteiger partial charge in [-0.05, 0) is 37.0 Å². The lowest BCUT2D eigenvalue weighted by molar-refractivity contribution is 0.241. The second-order valence-electron chi connectivity index (χ2n) is 8.49. The van der Waals surface area contributed by atoms with Gasteiger partial charge in [-0.1, -0.05) is 6.42 Å². The predicted octanol–water partition coefficient (Wildman–Crippen LogP) is 1.91. The van der Waals surface area contributed by atoms with E-state index in [1.54, 1.807) is 17.1 Å². The summed E-state index contributed by atoms with van der Waals surface area (Å²) in [6, 6.07) is 1.80. The molecule has 0 radical (unpaired) electrons. The lowest BCUT2D eigenvalue weighted by Gasteiger charge is -2.36. The summed E-state index contributed by atoms with van der Waals surface area (Å²) in [7, 11) is 0. The molecule has 0 atom stereocenters. The Kier molecular flexibility index (Phi) is 6.04. The normalized spacial score (nSPS) is 19.8. The van der Waals surface area contributed by atoms with Crippen molar-refractivity contribution in [3.05, 3.63) is 45.3 Å². The van der Waals surface area contributed by atoms with Gasteiger partial charge in [0, 0.05) is 62.2 Å². The fraction of sp³-hybridized carbons (Fsp3) is 0.636. The van der Waals surface area contributed by atoms with E-state index in [-0.39, 0.29) is 5.56 Å². The number of aryl methyl sites for hydroxylation is 2. The van der Waals surface area contributed by atoms with Crippen LogP contribution >= 0.6 is 11.8 Å². The maximum Gasteiger partial charge on any atom is 0.267 e. The van der Waals surface area contributed by atoms with Gasteiger partial charge in [-0.3, -0.25) is 9.69 Å². The van der Waals surface area contributed by atoms with Gasteiger partial charge in [-0.2, -0.15) is 16.9 Å². The number of fused-ring (bicyclic) bond motifs is 2. The Labute approximate surface area is 181 Å². The van der Waals surface area contributed by atoms with Crippen LogP contribution in [0.3, 0.4) is 0 Å². The summed E-state index contributed by atoms with van der Waals surface area (Å²) in [6.45, 7) is 5.49. The van der Waals surface area contributed by atoms with E-state index < -0.39 is 0 Å². The topological polar surface area (TPSA) is 67.2 Å². The fourth-order valence-electron chi connectivity index (χ4n) is 4.79. The third-order valence-corrected chi connectivity index (χ3v) is 7.56. The molecule has 1 fully saturated rings. The molecule has 2 aliphatic heterocycles. The monoisotopic (exact) mass is 426 g/mol. The zero-order valence-corrected chi connectivity index (χ0v) is 18.4. The number of rotatable bonds is 4. The van der Waals surface area contributed by atoms with Crippen molar-refractivity contribution in [2.45, 2.75) is 50.8 Å². The van der Waals surface area contributed by atoms with Crippen LogP contribution in [0, 0.1) is 0 Å². The average Bonchev–Trinajstić information content (AvgIpc) is 3.04. The van der Waals surface area contributed by atoms with Gasteiger partial charge in [-0.15, -0.1) is 0 Å².